The van der Waals surface area contributed by atoms with Gasteiger partial charge in [-0.25, -0.2) is 0 Å². The maximum atomic E-state index is 12.1. The van der Waals surface area contributed by atoms with E-state index in [1.54, 1.807) is 17.2 Å². The molecule has 1 aliphatic heterocycles. The van der Waals surface area contributed by atoms with E-state index in [9.17, 15) is 9.59 Å². The summed E-state index contributed by atoms with van der Waals surface area (Å²) >= 11 is 3.29. The molecule has 0 saturated carbocycles. The van der Waals surface area contributed by atoms with Crippen molar-refractivity contribution in [1.29, 1.82) is 0 Å². The lowest BCUT2D eigenvalue weighted by Gasteiger charge is -2.31. The van der Waals surface area contributed by atoms with E-state index in [2.05, 4.69) is 15.9 Å². The predicted octanol–water partition coefficient (Wildman–Crippen LogP) is 0.858. The van der Waals surface area contributed by atoms with E-state index in [0.717, 1.165) is 4.47 Å². The second kappa shape index (κ2) is 5.67. The molecule has 98 valence electrons. The number of pyridine rings is 1. The van der Waals surface area contributed by atoms with Crippen molar-refractivity contribution in [3.05, 3.63) is 33.2 Å². The minimum absolute atomic E-state index is 0.0506. The first kappa shape index (κ1) is 13.3. The van der Waals surface area contributed by atoms with E-state index in [-0.39, 0.29) is 24.1 Å². The molecule has 0 N–H and O–H groups in total. The molecule has 0 aliphatic carbocycles. The van der Waals surface area contributed by atoms with Crippen LogP contribution in [-0.4, -0.2) is 41.2 Å². The van der Waals surface area contributed by atoms with Gasteiger partial charge >= 0.3 is 0 Å². The monoisotopic (exact) mass is 314 g/mol. The highest BCUT2D eigenvalue weighted by atomic mass is 79.9. The number of ether oxygens (including phenoxy) is 1. The van der Waals surface area contributed by atoms with Gasteiger partial charge < -0.3 is 14.2 Å². The van der Waals surface area contributed by atoms with Gasteiger partial charge in [-0.1, -0.05) is 0 Å². The lowest BCUT2D eigenvalue weighted by molar-refractivity contribution is -0.138. The molecule has 1 aliphatic rings. The second-order valence-corrected chi connectivity index (χ2v) is 5.25. The van der Waals surface area contributed by atoms with Crippen molar-refractivity contribution in [2.24, 2.45) is 0 Å². The van der Waals surface area contributed by atoms with Crippen LogP contribution in [0.25, 0.3) is 0 Å². The maximum absolute atomic E-state index is 12.1. The van der Waals surface area contributed by atoms with Crippen molar-refractivity contribution in [3.63, 3.8) is 0 Å². The first-order valence-electron chi connectivity index (χ1n) is 5.81. The van der Waals surface area contributed by atoms with E-state index in [1.807, 2.05) is 6.92 Å². The highest BCUT2D eigenvalue weighted by Gasteiger charge is 2.21. The first-order chi connectivity index (χ1) is 8.56. The molecule has 1 amide bonds. The van der Waals surface area contributed by atoms with Crippen LogP contribution in [0.5, 0.6) is 0 Å². The molecule has 2 heterocycles. The molecule has 1 unspecified atom stereocenters. The van der Waals surface area contributed by atoms with Crippen molar-refractivity contribution in [1.82, 2.24) is 9.47 Å². The van der Waals surface area contributed by atoms with E-state index in [4.69, 9.17) is 4.74 Å². The third-order valence-corrected chi connectivity index (χ3v) is 3.32. The van der Waals surface area contributed by atoms with E-state index >= 15 is 0 Å². The number of hydrogen-bond donors (Lipinski definition) is 0. The molecule has 0 aromatic carbocycles. The summed E-state index contributed by atoms with van der Waals surface area (Å²) in [4.78, 5) is 25.4. The van der Waals surface area contributed by atoms with Gasteiger partial charge in [0.25, 0.3) is 5.56 Å². The van der Waals surface area contributed by atoms with Crippen LogP contribution in [-0.2, 0) is 16.1 Å². The van der Waals surface area contributed by atoms with Gasteiger partial charge in [-0.2, -0.15) is 0 Å². The summed E-state index contributed by atoms with van der Waals surface area (Å²) in [6.07, 6.45) is 1.69. The number of amides is 1. The summed E-state index contributed by atoms with van der Waals surface area (Å²) in [5.41, 5.74) is -0.173. The molecule has 1 fully saturated rings. The Morgan fingerprint density at radius 3 is 3.06 bits per heavy atom. The standard InChI is InChI=1S/C12H15BrN2O3/c1-9-6-14(4-5-18-9)12(17)8-15-7-10(13)2-3-11(15)16/h2-3,7,9H,4-6,8H2,1H3. The molecule has 0 bridgehead atoms. The minimum atomic E-state index is -0.173. The summed E-state index contributed by atoms with van der Waals surface area (Å²) in [6.45, 7) is 3.74. The highest BCUT2D eigenvalue weighted by molar-refractivity contribution is 9.10. The SMILES string of the molecule is CC1CN(C(=O)Cn2cc(Br)ccc2=O)CCO1. The Morgan fingerprint density at radius 2 is 2.33 bits per heavy atom. The smallest absolute Gasteiger partial charge is 0.251 e. The van der Waals surface area contributed by atoms with Crippen molar-refractivity contribution in [2.45, 2.75) is 19.6 Å². The van der Waals surface area contributed by atoms with Gasteiger partial charge in [0, 0.05) is 29.8 Å². The van der Waals surface area contributed by atoms with Crippen LogP contribution in [0.2, 0.25) is 0 Å². The number of nitrogens with zero attached hydrogens (tertiary/aromatic N) is 2. The summed E-state index contributed by atoms with van der Waals surface area (Å²) < 4.78 is 7.57. The number of carbonyl (C=O) groups excluding carboxylic acids is 1. The predicted molar refractivity (Wildman–Crippen MR) is 70.4 cm³/mol. The van der Waals surface area contributed by atoms with Crippen molar-refractivity contribution in [3.8, 4) is 0 Å². The van der Waals surface area contributed by atoms with Crippen LogP contribution in [0.3, 0.4) is 0 Å². The lowest BCUT2D eigenvalue weighted by Crippen LogP contribution is -2.46. The number of halogens is 1. The summed E-state index contributed by atoms with van der Waals surface area (Å²) in [5.74, 6) is -0.0506. The molecule has 1 saturated heterocycles. The van der Waals surface area contributed by atoms with Crippen LogP contribution >= 0.6 is 15.9 Å². The van der Waals surface area contributed by atoms with E-state index < -0.39 is 0 Å². The Hall–Kier alpha value is -1.14. The summed E-state index contributed by atoms with van der Waals surface area (Å²) in [7, 11) is 0. The largest absolute Gasteiger partial charge is 0.375 e. The molecule has 0 radical (unpaired) electrons. The molecule has 5 nitrogen and oxygen atoms in total. The second-order valence-electron chi connectivity index (χ2n) is 4.33. The fourth-order valence-corrected chi connectivity index (χ4v) is 2.30. The Morgan fingerprint density at radius 1 is 1.56 bits per heavy atom. The molecule has 1 atom stereocenters. The maximum Gasteiger partial charge on any atom is 0.251 e. The Labute approximate surface area is 113 Å². The molecule has 18 heavy (non-hydrogen) atoms. The zero-order valence-corrected chi connectivity index (χ0v) is 11.7. The number of hydrogen-bond acceptors (Lipinski definition) is 3. The third kappa shape index (κ3) is 3.20. The molecular weight excluding hydrogens is 300 g/mol. The van der Waals surface area contributed by atoms with Gasteiger partial charge in [0.05, 0.1) is 12.7 Å². The van der Waals surface area contributed by atoms with Gasteiger partial charge in [-0.05, 0) is 28.9 Å². The van der Waals surface area contributed by atoms with Crippen LogP contribution in [0.1, 0.15) is 6.92 Å². The van der Waals surface area contributed by atoms with Gasteiger partial charge in [-0.3, -0.25) is 9.59 Å². The van der Waals surface area contributed by atoms with Crippen LogP contribution in [0.4, 0.5) is 0 Å². The van der Waals surface area contributed by atoms with Gasteiger partial charge in [0.1, 0.15) is 6.54 Å². The zero-order chi connectivity index (χ0) is 13.1. The number of aromatic nitrogens is 1. The molecular formula is C12H15BrN2O3. The molecule has 2 rings (SSSR count). The molecule has 1 aromatic rings. The average molecular weight is 315 g/mol. The Kier molecular flexibility index (Phi) is 4.19. The lowest BCUT2D eigenvalue weighted by atomic mass is 10.3. The zero-order valence-electron chi connectivity index (χ0n) is 10.1. The van der Waals surface area contributed by atoms with Crippen LogP contribution < -0.4 is 5.56 Å². The molecule has 6 heteroatoms. The van der Waals surface area contributed by atoms with Crippen LogP contribution in [0.15, 0.2) is 27.6 Å². The summed E-state index contributed by atoms with van der Waals surface area (Å²) in [6, 6.07) is 3.11. The average Bonchev–Trinajstić information content (AvgIpc) is 2.34. The van der Waals surface area contributed by atoms with Crippen LogP contribution in [0, 0.1) is 0 Å². The minimum Gasteiger partial charge on any atom is -0.375 e. The third-order valence-electron chi connectivity index (χ3n) is 2.85. The normalized spacial score (nSPS) is 19.9. The van der Waals surface area contributed by atoms with Gasteiger partial charge in [0.15, 0.2) is 0 Å². The number of morpholine rings is 1. The topological polar surface area (TPSA) is 51.5 Å². The summed E-state index contributed by atoms with van der Waals surface area (Å²) in [5, 5.41) is 0. The van der Waals surface area contributed by atoms with E-state index in [1.165, 1.54) is 10.6 Å². The van der Waals surface area contributed by atoms with Gasteiger partial charge in [-0.15, -0.1) is 0 Å². The van der Waals surface area contributed by atoms with Crippen molar-refractivity contribution in [2.75, 3.05) is 19.7 Å². The fourth-order valence-electron chi connectivity index (χ4n) is 1.92. The first-order valence-corrected chi connectivity index (χ1v) is 6.61. The van der Waals surface area contributed by atoms with E-state index in [0.29, 0.717) is 19.7 Å². The Bertz CT molecular complexity index is 500. The molecule has 0 spiro atoms. The molecule has 1 aromatic heterocycles. The highest BCUT2D eigenvalue weighted by Crippen LogP contribution is 2.07. The fraction of sp³-hybridized carbons (Fsp3) is 0.500. The quantitative estimate of drug-likeness (QED) is 0.813. The Balaban J connectivity index is 2.06. The van der Waals surface area contributed by atoms with Crippen molar-refractivity contribution < 1.29 is 9.53 Å². The van der Waals surface area contributed by atoms with Gasteiger partial charge in [0.2, 0.25) is 5.91 Å². The number of rotatable bonds is 2. The number of carbonyl (C=O) groups is 1. The van der Waals surface area contributed by atoms with Crippen molar-refractivity contribution >= 4 is 21.8 Å².